The minimum atomic E-state index is 0.220. The number of likely N-dealkylation sites (tertiary alicyclic amines) is 2. The smallest absolute Gasteiger partial charge is 0.226 e. The van der Waals surface area contributed by atoms with Crippen LogP contribution in [0.2, 0.25) is 0 Å². The summed E-state index contributed by atoms with van der Waals surface area (Å²) in [7, 11) is 4.38. The molecule has 4 rings (SSSR count). The van der Waals surface area contributed by atoms with Crippen molar-refractivity contribution in [2.45, 2.75) is 32.2 Å². The molecule has 25 heavy (non-hydrogen) atoms. The quantitative estimate of drug-likeness (QED) is 0.784. The average Bonchev–Trinajstić information content (AvgIpc) is 2.87. The maximum absolute atomic E-state index is 13.3. The van der Waals surface area contributed by atoms with Crippen LogP contribution in [0.5, 0.6) is 0 Å². The van der Waals surface area contributed by atoms with Gasteiger partial charge in [0.25, 0.3) is 0 Å². The lowest BCUT2D eigenvalue weighted by Gasteiger charge is -2.36. The topological polar surface area (TPSA) is 26.8 Å². The lowest BCUT2D eigenvalue weighted by atomic mass is 9.80. The largest absolute Gasteiger partial charge is 0.338 e. The minimum absolute atomic E-state index is 0.220. The molecule has 1 spiro atoms. The number of hydrogen-bond donors (Lipinski definition) is 0. The van der Waals surface area contributed by atoms with E-state index in [2.05, 4.69) is 53.1 Å². The Hall–Kier alpha value is -1.39. The highest BCUT2D eigenvalue weighted by molar-refractivity contribution is 5.79. The van der Waals surface area contributed by atoms with Gasteiger partial charge in [-0.3, -0.25) is 4.79 Å². The van der Waals surface area contributed by atoms with Crippen LogP contribution in [0.4, 0.5) is 0 Å². The Morgan fingerprint density at radius 1 is 1.00 bits per heavy atom. The minimum Gasteiger partial charge on any atom is -0.338 e. The summed E-state index contributed by atoms with van der Waals surface area (Å²) in [6, 6.07) is 8.77. The van der Waals surface area contributed by atoms with E-state index < -0.39 is 0 Å². The summed E-state index contributed by atoms with van der Waals surface area (Å²) in [5, 5.41) is 0. The highest BCUT2D eigenvalue weighted by Crippen LogP contribution is 2.39. The zero-order valence-corrected chi connectivity index (χ0v) is 15.7. The molecule has 4 heteroatoms. The van der Waals surface area contributed by atoms with Crippen LogP contribution in [0, 0.1) is 11.3 Å². The van der Waals surface area contributed by atoms with E-state index >= 15 is 0 Å². The van der Waals surface area contributed by atoms with Gasteiger partial charge in [-0.25, -0.2) is 0 Å². The molecule has 0 aliphatic carbocycles. The van der Waals surface area contributed by atoms with Crippen LogP contribution in [-0.4, -0.2) is 67.4 Å². The molecule has 2 saturated heterocycles. The van der Waals surface area contributed by atoms with Crippen molar-refractivity contribution < 1.29 is 4.79 Å². The van der Waals surface area contributed by atoms with Gasteiger partial charge in [0.05, 0.1) is 0 Å². The second-order valence-electron chi connectivity index (χ2n) is 8.71. The van der Waals surface area contributed by atoms with Crippen LogP contribution in [0.3, 0.4) is 0 Å². The molecule has 1 aromatic carbocycles. The number of rotatable bonds is 1. The van der Waals surface area contributed by atoms with Crippen molar-refractivity contribution in [1.29, 1.82) is 0 Å². The van der Waals surface area contributed by atoms with Crippen molar-refractivity contribution >= 4 is 5.91 Å². The molecule has 0 aromatic heterocycles. The van der Waals surface area contributed by atoms with Crippen LogP contribution in [-0.2, 0) is 17.8 Å². The Labute approximate surface area is 151 Å². The van der Waals surface area contributed by atoms with Crippen molar-refractivity contribution in [3.8, 4) is 0 Å². The molecule has 0 radical (unpaired) electrons. The molecular formula is C21H31N3O. The molecule has 1 atom stereocenters. The lowest BCUT2D eigenvalue weighted by molar-refractivity contribution is -0.139. The van der Waals surface area contributed by atoms with Gasteiger partial charge < -0.3 is 14.7 Å². The van der Waals surface area contributed by atoms with Gasteiger partial charge in [0, 0.05) is 31.0 Å². The van der Waals surface area contributed by atoms with Crippen LogP contribution >= 0.6 is 0 Å². The summed E-state index contributed by atoms with van der Waals surface area (Å²) in [5.41, 5.74) is 3.05. The number of benzene rings is 1. The first-order chi connectivity index (χ1) is 12.0. The third-order valence-corrected chi connectivity index (χ3v) is 6.58. The van der Waals surface area contributed by atoms with E-state index in [0.717, 1.165) is 58.5 Å². The van der Waals surface area contributed by atoms with Crippen molar-refractivity contribution in [1.82, 2.24) is 14.7 Å². The van der Waals surface area contributed by atoms with E-state index in [4.69, 9.17) is 0 Å². The Morgan fingerprint density at radius 2 is 1.72 bits per heavy atom. The van der Waals surface area contributed by atoms with Crippen molar-refractivity contribution in [2.24, 2.45) is 11.3 Å². The lowest BCUT2D eigenvalue weighted by Crippen LogP contribution is -2.46. The standard InChI is InChI=1S/C21H31N3O/c1-22-10-7-17(8-11-22)20(25)24-14-19-6-4-3-5-18(19)13-21(16-24)9-12-23(2)15-21/h3-6,17H,7-16H2,1-2H3. The van der Waals surface area contributed by atoms with Crippen molar-refractivity contribution in [2.75, 3.05) is 46.8 Å². The number of fused-ring (bicyclic) bond motifs is 1. The van der Waals surface area contributed by atoms with Gasteiger partial charge >= 0.3 is 0 Å². The fourth-order valence-corrected chi connectivity index (χ4v) is 5.11. The van der Waals surface area contributed by atoms with E-state index in [1.165, 1.54) is 17.5 Å². The van der Waals surface area contributed by atoms with Crippen LogP contribution < -0.4 is 0 Å². The van der Waals surface area contributed by atoms with E-state index in [9.17, 15) is 4.79 Å². The van der Waals surface area contributed by atoms with E-state index in [-0.39, 0.29) is 11.3 Å². The monoisotopic (exact) mass is 341 g/mol. The third kappa shape index (κ3) is 3.47. The highest BCUT2D eigenvalue weighted by atomic mass is 16.2. The van der Waals surface area contributed by atoms with Gasteiger partial charge in [-0.1, -0.05) is 24.3 Å². The summed E-state index contributed by atoms with van der Waals surface area (Å²) >= 11 is 0. The summed E-state index contributed by atoms with van der Waals surface area (Å²) in [6.45, 7) is 6.09. The zero-order chi connectivity index (χ0) is 17.4. The van der Waals surface area contributed by atoms with E-state index in [1.54, 1.807) is 0 Å². The molecule has 1 unspecified atom stereocenters. The molecule has 136 valence electrons. The number of amides is 1. The fraction of sp³-hybridized carbons (Fsp3) is 0.667. The molecule has 2 fully saturated rings. The van der Waals surface area contributed by atoms with Gasteiger partial charge in [0.15, 0.2) is 0 Å². The highest BCUT2D eigenvalue weighted by Gasteiger charge is 2.42. The predicted octanol–water partition coefficient (Wildman–Crippen LogP) is 2.24. The number of carbonyl (C=O) groups is 1. The Morgan fingerprint density at radius 3 is 2.40 bits per heavy atom. The summed E-state index contributed by atoms with van der Waals surface area (Å²) in [4.78, 5) is 20.3. The second-order valence-corrected chi connectivity index (χ2v) is 8.71. The van der Waals surface area contributed by atoms with Crippen LogP contribution in [0.25, 0.3) is 0 Å². The summed E-state index contributed by atoms with van der Waals surface area (Å²) in [5.74, 6) is 0.622. The van der Waals surface area contributed by atoms with Crippen LogP contribution in [0.15, 0.2) is 24.3 Å². The first-order valence-electron chi connectivity index (χ1n) is 9.77. The number of piperidine rings is 1. The van der Waals surface area contributed by atoms with Gasteiger partial charge in [-0.2, -0.15) is 0 Å². The second kappa shape index (κ2) is 6.73. The molecule has 0 saturated carbocycles. The number of carbonyl (C=O) groups excluding carboxylic acids is 1. The Balaban J connectivity index is 1.60. The predicted molar refractivity (Wildman–Crippen MR) is 100 cm³/mol. The number of hydrogen-bond acceptors (Lipinski definition) is 3. The third-order valence-electron chi connectivity index (χ3n) is 6.58. The van der Waals surface area contributed by atoms with Crippen molar-refractivity contribution in [3.63, 3.8) is 0 Å². The Kier molecular flexibility index (Phi) is 4.59. The Bertz CT molecular complexity index is 638. The SMILES string of the molecule is CN1CCC(C(=O)N2Cc3ccccc3CC3(CCN(C)C3)C2)CC1. The van der Waals surface area contributed by atoms with Gasteiger partial charge in [0.2, 0.25) is 5.91 Å². The first-order valence-corrected chi connectivity index (χ1v) is 9.77. The molecule has 4 nitrogen and oxygen atoms in total. The normalized spacial score (nSPS) is 29.0. The van der Waals surface area contributed by atoms with Gasteiger partial charge in [-0.05, 0) is 70.5 Å². The number of nitrogens with zero attached hydrogens (tertiary/aromatic N) is 3. The molecular weight excluding hydrogens is 310 g/mol. The summed E-state index contributed by atoms with van der Waals surface area (Å²) < 4.78 is 0. The van der Waals surface area contributed by atoms with E-state index in [1.807, 2.05) is 0 Å². The van der Waals surface area contributed by atoms with Crippen molar-refractivity contribution in [3.05, 3.63) is 35.4 Å². The first kappa shape index (κ1) is 17.0. The maximum atomic E-state index is 13.3. The van der Waals surface area contributed by atoms with E-state index in [0.29, 0.717) is 5.91 Å². The zero-order valence-electron chi connectivity index (χ0n) is 15.7. The van der Waals surface area contributed by atoms with Gasteiger partial charge in [-0.15, -0.1) is 0 Å². The van der Waals surface area contributed by atoms with Gasteiger partial charge in [0.1, 0.15) is 0 Å². The molecule has 3 aliphatic heterocycles. The fourth-order valence-electron chi connectivity index (χ4n) is 5.11. The molecule has 1 aromatic rings. The summed E-state index contributed by atoms with van der Waals surface area (Å²) in [6.07, 6.45) is 4.35. The maximum Gasteiger partial charge on any atom is 0.226 e. The molecule has 0 N–H and O–H groups in total. The molecule has 3 aliphatic rings. The average molecular weight is 341 g/mol. The van der Waals surface area contributed by atoms with Crippen LogP contribution in [0.1, 0.15) is 30.4 Å². The molecule has 0 bridgehead atoms. The molecule has 1 amide bonds. The molecule has 3 heterocycles.